The van der Waals surface area contributed by atoms with Gasteiger partial charge in [0.25, 0.3) is 0 Å². The summed E-state index contributed by atoms with van der Waals surface area (Å²) >= 11 is 5.85. The van der Waals surface area contributed by atoms with Crippen LogP contribution in [0.1, 0.15) is 11.5 Å². The third kappa shape index (κ3) is 2.61. The van der Waals surface area contributed by atoms with E-state index in [1.807, 2.05) is 30.3 Å². The summed E-state index contributed by atoms with van der Waals surface area (Å²) in [6.07, 6.45) is 0. The number of rotatable bonds is 5. The van der Waals surface area contributed by atoms with Crippen LogP contribution >= 0.6 is 11.6 Å². The van der Waals surface area contributed by atoms with E-state index in [1.165, 1.54) is 19.2 Å². The van der Waals surface area contributed by atoms with E-state index >= 15 is 0 Å². The van der Waals surface area contributed by atoms with Gasteiger partial charge in [0, 0.05) is 18.1 Å². The Morgan fingerprint density at radius 2 is 1.79 bits per heavy atom. The van der Waals surface area contributed by atoms with Crippen molar-refractivity contribution < 1.29 is 13.2 Å². The molecule has 3 rings (SSSR count). The van der Waals surface area contributed by atoms with E-state index in [0.717, 1.165) is 5.56 Å². The molecule has 0 N–H and O–H groups in total. The fraction of sp³-hybridized carbons (Fsp3) is 0.278. The Bertz CT molecular complexity index is 875. The first kappa shape index (κ1) is 17.0. The highest BCUT2D eigenvalue weighted by Crippen LogP contribution is 2.63. The highest BCUT2D eigenvalue weighted by atomic mass is 35.5. The van der Waals surface area contributed by atoms with Gasteiger partial charge in [0.2, 0.25) is 0 Å². The predicted molar refractivity (Wildman–Crippen MR) is 91.5 cm³/mol. The lowest BCUT2D eigenvalue weighted by atomic mass is 10.0. The number of nitriles is 1. The van der Waals surface area contributed by atoms with Crippen LogP contribution in [0.3, 0.4) is 0 Å². The zero-order chi connectivity index (χ0) is 17.4. The highest BCUT2D eigenvalue weighted by molar-refractivity contribution is 7.92. The second kappa shape index (κ2) is 6.21. The SMILES string of the molecule is COC[C@@]1(C#N)[C@H](c2ccccc2)[C@@H]1S(=O)(=O)c1ccc(Cl)cc1. The summed E-state index contributed by atoms with van der Waals surface area (Å²) in [5.74, 6) is -0.413. The maximum atomic E-state index is 13.1. The van der Waals surface area contributed by atoms with Gasteiger partial charge in [0.05, 0.1) is 22.8 Å². The van der Waals surface area contributed by atoms with Crippen LogP contribution in [0.4, 0.5) is 0 Å². The minimum Gasteiger partial charge on any atom is -0.383 e. The molecule has 0 bridgehead atoms. The molecule has 3 atom stereocenters. The molecule has 0 spiro atoms. The molecule has 0 aliphatic heterocycles. The van der Waals surface area contributed by atoms with E-state index in [9.17, 15) is 13.7 Å². The quantitative estimate of drug-likeness (QED) is 0.818. The number of hydrogen-bond acceptors (Lipinski definition) is 4. The molecule has 1 fully saturated rings. The smallest absolute Gasteiger partial charge is 0.183 e. The minimum absolute atomic E-state index is 0.0700. The van der Waals surface area contributed by atoms with E-state index in [0.29, 0.717) is 5.02 Å². The number of nitrogens with zero attached hydrogens (tertiary/aromatic N) is 1. The molecule has 0 heterocycles. The fourth-order valence-corrected chi connectivity index (χ4v) is 5.78. The van der Waals surface area contributed by atoms with Gasteiger partial charge in [-0.15, -0.1) is 0 Å². The van der Waals surface area contributed by atoms with Gasteiger partial charge in [-0.3, -0.25) is 0 Å². The Kier molecular flexibility index (Phi) is 4.39. The lowest BCUT2D eigenvalue weighted by Crippen LogP contribution is -2.19. The number of methoxy groups -OCH3 is 1. The molecule has 1 aliphatic rings. The van der Waals surface area contributed by atoms with Crippen molar-refractivity contribution in [2.45, 2.75) is 16.1 Å². The van der Waals surface area contributed by atoms with Crippen LogP contribution in [0.15, 0.2) is 59.5 Å². The van der Waals surface area contributed by atoms with Crippen LogP contribution in [0.5, 0.6) is 0 Å². The zero-order valence-corrected chi connectivity index (χ0v) is 14.6. The summed E-state index contributed by atoms with van der Waals surface area (Å²) in [6.45, 7) is 0.0700. The molecule has 6 heteroatoms. The molecule has 0 saturated heterocycles. The van der Waals surface area contributed by atoms with Crippen molar-refractivity contribution in [2.24, 2.45) is 5.41 Å². The summed E-state index contributed by atoms with van der Waals surface area (Å²) in [5.41, 5.74) is -0.243. The molecule has 1 aliphatic carbocycles. The molecule has 1 saturated carbocycles. The number of benzene rings is 2. The topological polar surface area (TPSA) is 67.2 Å². The van der Waals surface area contributed by atoms with E-state index in [2.05, 4.69) is 6.07 Å². The Labute approximate surface area is 146 Å². The number of hydrogen-bond donors (Lipinski definition) is 0. The van der Waals surface area contributed by atoms with E-state index < -0.39 is 26.4 Å². The summed E-state index contributed by atoms with van der Waals surface area (Å²) in [7, 11) is -2.21. The molecule has 2 aromatic rings. The van der Waals surface area contributed by atoms with Gasteiger partial charge in [0.15, 0.2) is 9.84 Å². The Morgan fingerprint density at radius 1 is 1.17 bits per heavy atom. The monoisotopic (exact) mass is 361 g/mol. The second-order valence-electron chi connectivity index (χ2n) is 5.89. The first-order chi connectivity index (χ1) is 11.5. The van der Waals surface area contributed by atoms with Gasteiger partial charge >= 0.3 is 0 Å². The Balaban J connectivity index is 2.07. The molecule has 4 nitrogen and oxygen atoms in total. The van der Waals surface area contributed by atoms with Crippen LogP contribution in [-0.4, -0.2) is 27.4 Å². The summed E-state index contributed by atoms with van der Waals surface area (Å²) < 4.78 is 31.4. The van der Waals surface area contributed by atoms with Gasteiger partial charge in [0.1, 0.15) is 5.41 Å². The molecule has 0 unspecified atom stereocenters. The average molecular weight is 362 g/mol. The third-order valence-corrected chi connectivity index (χ3v) is 7.03. The predicted octanol–water partition coefficient (Wildman–Crippen LogP) is 3.44. The van der Waals surface area contributed by atoms with Crippen molar-refractivity contribution in [1.82, 2.24) is 0 Å². The molecule has 124 valence electrons. The molecule has 0 radical (unpaired) electrons. The summed E-state index contributed by atoms with van der Waals surface area (Å²) in [5, 5.41) is 9.36. The van der Waals surface area contributed by atoms with Gasteiger partial charge < -0.3 is 4.74 Å². The molecule has 0 aromatic heterocycles. The maximum absolute atomic E-state index is 13.1. The lowest BCUT2D eigenvalue weighted by molar-refractivity contribution is 0.162. The number of ether oxygens (including phenoxy) is 1. The maximum Gasteiger partial charge on any atom is 0.183 e. The van der Waals surface area contributed by atoms with Gasteiger partial charge in [-0.1, -0.05) is 41.9 Å². The summed E-state index contributed by atoms with van der Waals surface area (Å²) in [6, 6.07) is 17.5. The van der Waals surface area contributed by atoms with Crippen molar-refractivity contribution in [3.05, 3.63) is 65.2 Å². The first-order valence-corrected chi connectivity index (χ1v) is 9.34. The van der Waals surface area contributed by atoms with Gasteiger partial charge in [-0.2, -0.15) is 5.26 Å². The van der Waals surface area contributed by atoms with Crippen molar-refractivity contribution in [1.29, 1.82) is 5.26 Å². The van der Waals surface area contributed by atoms with Gasteiger partial charge in [-0.05, 0) is 29.8 Å². The average Bonchev–Trinajstić information content (AvgIpc) is 3.26. The van der Waals surface area contributed by atoms with Crippen molar-refractivity contribution in [3.8, 4) is 6.07 Å². The van der Waals surface area contributed by atoms with E-state index in [4.69, 9.17) is 16.3 Å². The first-order valence-electron chi connectivity index (χ1n) is 7.42. The van der Waals surface area contributed by atoms with Crippen LogP contribution in [-0.2, 0) is 14.6 Å². The van der Waals surface area contributed by atoms with Crippen LogP contribution in [0.2, 0.25) is 5.02 Å². The number of halogens is 1. The van der Waals surface area contributed by atoms with Crippen LogP contribution < -0.4 is 0 Å². The van der Waals surface area contributed by atoms with Crippen molar-refractivity contribution in [3.63, 3.8) is 0 Å². The standard InChI is InChI=1S/C18H16ClNO3S/c1-23-12-18(11-20)16(13-5-3-2-4-6-13)17(18)24(21,22)15-9-7-14(19)8-10-15/h2-10,16-17H,12H2,1H3/t16-,17+,18+/m1/s1. The van der Waals surface area contributed by atoms with Crippen molar-refractivity contribution in [2.75, 3.05) is 13.7 Å². The molecule has 24 heavy (non-hydrogen) atoms. The van der Waals surface area contributed by atoms with E-state index in [-0.39, 0.29) is 11.5 Å². The van der Waals surface area contributed by atoms with E-state index in [1.54, 1.807) is 12.1 Å². The van der Waals surface area contributed by atoms with Crippen LogP contribution in [0, 0.1) is 16.7 Å². The largest absolute Gasteiger partial charge is 0.383 e. The molecule has 2 aromatic carbocycles. The van der Waals surface area contributed by atoms with Crippen molar-refractivity contribution >= 4 is 21.4 Å². The number of sulfone groups is 1. The third-order valence-electron chi connectivity index (χ3n) is 4.48. The zero-order valence-electron chi connectivity index (χ0n) is 13.0. The summed E-state index contributed by atoms with van der Waals surface area (Å²) in [4.78, 5) is 0.172. The Hall–Kier alpha value is -1.87. The molecular formula is C18H16ClNO3S. The lowest BCUT2D eigenvalue weighted by Gasteiger charge is -2.08. The fourth-order valence-electron chi connectivity index (χ4n) is 3.34. The van der Waals surface area contributed by atoms with Gasteiger partial charge in [-0.25, -0.2) is 8.42 Å². The van der Waals surface area contributed by atoms with Crippen LogP contribution in [0.25, 0.3) is 0 Å². The Morgan fingerprint density at radius 3 is 2.33 bits per heavy atom. The normalized spacial score (nSPS) is 25.9. The molecular weight excluding hydrogens is 346 g/mol. The minimum atomic E-state index is -3.68. The second-order valence-corrected chi connectivity index (χ2v) is 8.40. The highest BCUT2D eigenvalue weighted by Gasteiger charge is 2.72. The molecule has 0 amide bonds.